The van der Waals surface area contributed by atoms with Crippen LogP contribution in [0.5, 0.6) is 0 Å². The molecule has 0 saturated carbocycles. The highest BCUT2D eigenvalue weighted by Crippen LogP contribution is 2.26. The van der Waals surface area contributed by atoms with E-state index in [1.807, 2.05) is 17.5 Å². The molecule has 29 heavy (non-hydrogen) atoms. The molecule has 1 saturated heterocycles. The monoisotopic (exact) mass is 435 g/mol. The zero-order valence-electron chi connectivity index (χ0n) is 15.2. The molecule has 0 aliphatic carbocycles. The molecule has 1 aliphatic heterocycles. The van der Waals surface area contributed by atoms with E-state index >= 15 is 0 Å². The average molecular weight is 436 g/mol. The number of aromatic nitrogens is 1. The van der Waals surface area contributed by atoms with Gasteiger partial charge in [-0.25, -0.2) is 17.5 Å². The number of thiophene rings is 1. The number of hydrogen-bond acceptors (Lipinski definition) is 6. The molecule has 1 amide bonds. The van der Waals surface area contributed by atoms with E-state index in [0.717, 1.165) is 17.0 Å². The molecule has 0 atom stereocenters. The van der Waals surface area contributed by atoms with Crippen molar-refractivity contribution in [2.24, 2.45) is 0 Å². The number of nitrogens with zero attached hydrogens (tertiary/aromatic N) is 2. The molecule has 2 aromatic heterocycles. The summed E-state index contributed by atoms with van der Waals surface area (Å²) >= 11 is 1.50. The highest BCUT2D eigenvalue weighted by atomic mass is 32.2. The molecule has 3 aromatic rings. The fraction of sp³-hybridized carbons (Fsp3) is 0.263. The zero-order valence-corrected chi connectivity index (χ0v) is 16.9. The largest absolute Gasteiger partial charge is 0.355 e. The second-order valence-electron chi connectivity index (χ2n) is 6.70. The first kappa shape index (κ1) is 19.7. The van der Waals surface area contributed by atoms with E-state index in [1.165, 1.54) is 23.5 Å². The molecule has 4 rings (SSSR count). The zero-order chi connectivity index (χ0) is 20.4. The minimum Gasteiger partial charge on any atom is -0.355 e. The molecule has 0 radical (unpaired) electrons. The van der Waals surface area contributed by atoms with Gasteiger partial charge in [0.2, 0.25) is 10.0 Å². The Balaban J connectivity index is 1.35. The first-order valence-electron chi connectivity index (χ1n) is 9.00. The van der Waals surface area contributed by atoms with Crippen LogP contribution in [0.3, 0.4) is 0 Å². The summed E-state index contributed by atoms with van der Waals surface area (Å²) in [6.07, 6.45) is 0.948. The van der Waals surface area contributed by atoms with Gasteiger partial charge in [0.1, 0.15) is 5.82 Å². The number of amides is 1. The lowest BCUT2D eigenvalue weighted by Gasteiger charge is -2.31. The molecule has 1 fully saturated rings. The van der Waals surface area contributed by atoms with Crippen LogP contribution in [0, 0.1) is 5.82 Å². The Bertz CT molecular complexity index is 1090. The lowest BCUT2D eigenvalue weighted by Crippen LogP contribution is -2.46. The molecule has 1 N–H and O–H groups in total. The van der Waals surface area contributed by atoms with Crippen LogP contribution in [0.1, 0.15) is 23.3 Å². The molecule has 0 unspecified atom stereocenters. The molecular formula is C19H18FN3O4S2. The van der Waals surface area contributed by atoms with Gasteiger partial charge in [-0.1, -0.05) is 11.2 Å². The van der Waals surface area contributed by atoms with E-state index in [9.17, 15) is 17.6 Å². The van der Waals surface area contributed by atoms with Gasteiger partial charge in [0, 0.05) is 25.2 Å². The number of nitrogens with one attached hydrogen (secondary N) is 1. The fourth-order valence-electron chi connectivity index (χ4n) is 3.17. The maximum absolute atomic E-state index is 13.0. The molecular weight excluding hydrogens is 417 g/mol. The van der Waals surface area contributed by atoms with E-state index in [4.69, 9.17) is 4.52 Å². The molecule has 3 heterocycles. The predicted octanol–water partition coefficient (Wildman–Crippen LogP) is 3.13. The first-order valence-corrected chi connectivity index (χ1v) is 11.4. The predicted molar refractivity (Wildman–Crippen MR) is 105 cm³/mol. The number of carbonyl (C=O) groups is 1. The lowest BCUT2D eigenvalue weighted by atomic mass is 10.1. The van der Waals surface area contributed by atoms with Crippen molar-refractivity contribution in [3.8, 4) is 10.6 Å². The second kappa shape index (κ2) is 8.05. The Morgan fingerprint density at radius 2 is 1.93 bits per heavy atom. The van der Waals surface area contributed by atoms with Crippen molar-refractivity contribution >= 4 is 27.3 Å². The molecule has 1 aromatic carbocycles. The molecule has 7 nitrogen and oxygen atoms in total. The highest BCUT2D eigenvalue weighted by molar-refractivity contribution is 7.89. The van der Waals surface area contributed by atoms with Gasteiger partial charge < -0.3 is 9.42 Å². The van der Waals surface area contributed by atoms with E-state index in [-0.39, 0.29) is 22.5 Å². The average Bonchev–Trinajstić information content (AvgIpc) is 3.40. The van der Waals surface area contributed by atoms with Crippen LogP contribution >= 0.6 is 11.3 Å². The van der Waals surface area contributed by atoms with Crippen molar-refractivity contribution < 1.29 is 22.1 Å². The summed E-state index contributed by atoms with van der Waals surface area (Å²) in [4.78, 5) is 15.2. The Labute approximate surface area is 171 Å². The van der Waals surface area contributed by atoms with E-state index in [0.29, 0.717) is 31.7 Å². The van der Waals surface area contributed by atoms with Crippen LogP contribution in [0.4, 0.5) is 4.39 Å². The van der Waals surface area contributed by atoms with Gasteiger partial charge in [0.25, 0.3) is 5.91 Å². The Morgan fingerprint density at radius 1 is 1.21 bits per heavy atom. The van der Waals surface area contributed by atoms with Crippen molar-refractivity contribution in [2.45, 2.75) is 23.8 Å². The van der Waals surface area contributed by atoms with E-state index in [1.54, 1.807) is 11.0 Å². The van der Waals surface area contributed by atoms with Gasteiger partial charge in [-0.05, 0) is 48.6 Å². The van der Waals surface area contributed by atoms with Gasteiger partial charge >= 0.3 is 0 Å². The molecule has 1 aliphatic rings. The number of likely N-dealkylation sites (tertiary alicyclic amines) is 1. The van der Waals surface area contributed by atoms with Crippen LogP contribution in [-0.4, -0.2) is 43.5 Å². The summed E-state index contributed by atoms with van der Waals surface area (Å²) in [6.45, 7) is 0.799. The molecule has 0 spiro atoms. The number of carbonyl (C=O) groups excluding carboxylic acids is 1. The minimum absolute atomic E-state index is 0.0149. The fourth-order valence-corrected chi connectivity index (χ4v) is 5.15. The third kappa shape index (κ3) is 4.39. The third-order valence-electron chi connectivity index (χ3n) is 4.72. The van der Waals surface area contributed by atoms with Gasteiger partial charge in [-0.3, -0.25) is 4.79 Å². The topological polar surface area (TPSA) is 92.5 Å². The molecule has 10 heteroatoms. The lowest BCUT2D eigenvalue weighted by molar-refractivity contribution is 0.0701. The number of piperidine rings is 1. The Hall–Kier alpha value is -2.56. The Morgan fingerprint density at radius 3 is 2.59 bits per heavy atom. The van der Waals surface area contributed by atoms with Crippen LogP contribution < -0.4 is 4.72 Å². The van der Waals surface area contributed by atoms with Crippen LogP contribution in [0.25, 0.3) is 10.6 Å². The van der Waals surface area contributed by atoms with E-state index in [2.05, 4.69) is 9.88 Å². The van der Waals surface area contributed by atoms with Crippen LogP contribution in [0.15, 0.2) is 57.3 Å². The number of sulfonamides is 1. The number of benzene rings is 1. The SMILES string of the molecule is O=C(c1cc(-c2cccs2)on1)N1CCC(NS(=O)(=O)c2ccc(F)cc2)CC1. The van der Waals surface area contributed by atoms with Crippen molar-refractivity contribution in [3.05, 3.63) is 59.4 Å². The third-order valence-corrected chi connectivity index (χ3v) is 7.14. The summed E-state index contributed by atoms with van der Waals surface area (Å²) < 4.78 is 45.8. The first-order chi connectivity index (χ1) is 13.9. The van der Waals surface area contributed by atoms with Gasteiger partial charge in [-0.15, -0.1) is 11.3 Å². The molecule has 0 bridgehead atoms. The van der Waals surface area contributed by atoms with Crippen LogP contribution in [0.2, 0.25) is 0 Å². The van der Waals surface area contributed by atoms with Crippen molar-refractivity contribution in [3.63, 3.8) is 0 Å². The number of rotatable bonds is 5. The summed E-state index contributed by atoms with van der Waals surface area (Å²) in [5.41, 5.74) is 0.235. The normalized spacial score (nSPS) is 15.6. The maximum Gasteiger partial charge on any atom is 0.276 e. The summed E-state index contributed by atoms with van der Waals surface area (Å²) in [5.74, 6) is -0.187. The standard InChI is InChI=1S/C19H18FN3O4S2/c20-13-3-5-15(6-4-13)29(25,26)22-14-7-9-23(10-8-14)19(24)16-12-17(27-21-16)18-2-1-11-28-18/h1-6,11-12,14,22H,7-10H2. The maximum atomic E-state index is 13.0. The number of hydrogen-bond donors (Lipinski definition) is 1. The molecule has 152 valence electrons. The highest BCUT2D eigenvalue weighted by Gasteiger charge is 2.28. The van der Waals surface area contributed by atoms with Crippen molar-refractivity contribution in [1.82, 2.24) is 14.8 Å². The van der Waals surface area contributed by atoms with Crippen molar-refractivity contribution in [1.29, 1.82) is 0 Å². The van der Waals surface area contributed by atoms with E-state index < -0.39 is 15.8 Å². The second-order valence-corrected chi connectivity index (χ2v) is 9.36. The summed E-state index contributed by atoms with van der Waals surface area (Å²) in [7, 11) is -3.73. The summed E-state index contributed by atoms with van der Waals surface area (Å²) in [6, 6.07) is 9.78. The number of halogens is 1. The smallest absolute Gasteiger partial charge is 0.276 e. The van der Waals surface area contributed by atoms with Crippen LogP contribution in [-0.2, 0) is 10.0 Å². The van der Waals surface area contributed by atoms with Crippen molar-refractivity contribution in [2.75, 3.05) is 13.1 Å². The van der Waals surface area contributed by atoms with Gasteiger partial charge in [-0.2, -0.15) is 0 Å². The minimum atomic E-state index is -3.73. The van der Waals surface area contributed by atoms with Gasteiger partial charge in [0.05, 0.1) is 9.77 Å². The Kier molecular flexibility index (Phi) is 5.48. The van der Waals surface area contributed by atoms with Gasteiger partial charge in [0.15, 0.2) is 11.5 Å². The summed E-state index contributed by atoms with van der Waals surface area (Å²) in [5, 5.41) is 5.78. The quantitative estimate of drug-likeness (QED) is 0.665.